The Kier molecular flexibility index (Phi) is 9.66. The molecule has 1 spiro atoms. The van der Waals surface area contributed by atoms with Crippen LogP contribution in [0.2, 0.25) is 0 Å². The molecule has 2 amide bonds. The number of aromatic nitrogens is 1. The van der Waals surface area contributed by atoms with Crippen LogP contribution in [0.25, 0.3) is 0 Å². The fraction of sp³-hybridized carbons (Fsp3) is 0.394. The van der Waals surface area contributed by atoms with Crippen LogP contribution in [-0.2, 0) is 29.9 Å². The number of carbonyl (C=O) groups is 2. The molecule has 17 heteroatoms. The Labute approximate surface area is 286 Å². The van der Waals surface area contributed by atoms with E-state index < -0.39 is 45.6 Å². The molecule has 1 aromatic heterocycles. The second-order valence-electron chi connectivity index (χ2n) is 12.6. The molecule has 2 aliphatic rings. The highest BCUT2D eigenvalue weighted by atomic mass is 32.2. The van der Waals surface area contributed by atoms with E-state index in [2.05, 4.69) is 20.2 Å². The molecule has 1 aliphatic heterocycles. The number of alkyl halides is 3. The molecule has 2 heterocycles. The zero-order valence-electron chi connectivity index (χ0n) is 28.0. The van der Waals surface area contributed by atoms with Crippen molar-refractivity contribution in [2.75, 3.05) is 37.2 Å². The summed E-state index contributed by atoms with van der Waals surface area (Å²) >= 11 is 0. The molecule has 2 N–H and O–H groups in total. The number of ether oxygens (including phenoxy) is 3. The summed E-state index contributed by atoms with van der Waals surface area (Å²) in [5.41, 5.74) is 0.671. The average Bonchev–Trinajstić information content (AvgIpc) is 3.76. The minimum Gasteiger partial charge on any atom is -0.497 e. The lowest BCUT2D eigenvalue weighted by Crippen LogP contribution is -2.45. The number of carbonyl (C=O) groups excluding carboxylic acids is 2. The van der Waals surface area contributed by atoms with Crippen LogP contribution in [0, 0.1) is 0 Å². The minimum absolute atomic E-state index is 0.271. The van der Waals surface area contributed by atoms with E-state index in [1.807, 2.05) is 4.72 Å². The maximum atomic E-state index is 14.5. The molecule has 268 valence electrons. The molecular formula is C33H36F3N5O8S. The maximum absolute atomic E-state index is 14.5. The van der Waals surface area contributed by atoms with E-state index in [0.717, 1.165) is 24.7 Å². The first kappa shape index (κ1) is 36.2. The molecule has 1 aliphatic carbocycles. The van der Waals surface area contributed by atoms with Crippen LogP contribution in [0.3, 0.4) is 0 Å². The monoisotopic (exact) mass is 719 g/mol. The van der Waals surface area contributed by atoms with E-state index in [0.29, 0.717) is 34.1 Å². The highest BCUT2D eigenvalue weighted by molar-refractivity contribution is 7.89. The van der Waals surface area contributed by atoms with Gasteiger partial charge >= 0.3 is 6.36 Å². The Balaban J connectivity index is 1.49. The van der Waals surface area contributed by atoms with Crippen molar-refractivity contribution < 1.29 is 50.2 Å². The fourth-order valence-corrected chi connectivity index (χ4v) is 6.08. The van der Waals surface area contributed by atoms with Crippen molar-refractivity contribution in [2.24, 2.45) is 5.16 Å². The highest BCUT2D eigenvalue weighted by Gasteiger charge is 2.54. The van der Waals surface area contributed by atoms with E-state index in [4.69, 9.17) is 14.3 Å². The smallest absolute Gasteiger partial charge is 0.497 e. The van der Waals surface area contributed by atoms with Gasteiger partial charge in [0.2, 0.25) is 21.5 Å². The first-order valence-electron chi connectivity index (χ1n) is 15.3. The van der Waals surface area contributed by atoms with Gasteiger partial charge < -0.3 is 29.3 Å². The number of benzene rings is 2. The lowest BCUT2D eigenvalue weighted by Gasteiger charge is -2.27. The molecule has 1 fully saturated rings. The number of oxime groups is 1. The third-order valence-electron chi connectivity index (χ3n) is 8.30. The standard InChI is InChI=1S/C33H36F3N5O8S/c1-19(39-49-31(2,3)30(43)40-50(6,44)45)21-13-22(15-24(14-21)46-4)38-28(20-7-10-27(47-5)37-17-20)29(42)41-18-32(11-12-32)25-9-8-23(16-26(25)41)48-33(34,35)36/h7-10,13-17,28,38H,11-12,18H2,1-6H3,(H,40,43). The molecule has 0 bridgehead atoms. The topological polar surface area (TPSA) is 158 Å². The second-order valence-corrected chi connectivity index (χ2v) is 14.3. The van der Waals surface area contributed by atoms with Gasteiger partial charge in [0.25, 0.3) is 11.8 Å². The first-order chi connectivity index (χ1) is 23.3. The number of anilines is 2. The van der Waals surface area contributed by atoms with Gasteiger partial charge in [-0.3, -0.25) is 9.59 Å². The zero-order chi connectivity index (χ0) is 36.6. The number of nitrogens with zero attached hydrogens (tertiary/aromatic N) is 3. The summed E-state index contributed by atoms with van der Waals surface area (Å²) in [6, 6.07) is 11.1. The van der Waals surface area contributed by atoms with Crippen LogP contribution in [0.15, 0.2) is 59.9 Å². The Morgan fingerprint density at radius 2 is 1.74 bits per heavy atom. The van der Waals surface area contributed by atoms with Crippen LogP contribution in [0.1, 0.15) is 56.3 Å². The summed E-state index contributed by atoms with van der Waals surface area (Å²) in [4.78, 5) is 38.1. The van der Waals surface area contributed by atoms with Crippen molar-refractivity contribution in [2.45, 2.75) is 57.0 Å². The fourth-order valence-electron chi connectivity index (χ4n) is 5.50. The number of halogens is 3. The lowest BCUT2D eigenvalue weighted by molar-refractivity contribution is -0.274. The van der Waals surface area contributed by atoms with Gasteiger partial charge in [0.1, 0.15) is 17.5 Å². The number of methoxy groups -OCH3 is 2. The van der Waals surface area contributed by atoms with Crippen molar-refractivity contribution in [3.8, 4) is 17.4 Å². The summed E-state index contributed by atoms with van der Waals surface area (Å²) in [5, 5.41) is 7.29. The van der Waals surface area contributed by atoms with Gasteiger partial charge in [-0.05, 0) is 63.4 Å². The van der Waals surface area contributed by atoms with E-state index in [1.54, 1.807) is 43.3 Å². The lowest BCUT2D eigenvalue weighted by atomic mass is 9.99. The molecule has 1 saturated carbocycles. The van der Waals surface area contributed by atoms with E-state index in [-0.39, 0.29) is 17.7 Å². The summed E-state index contributed by atoms with van der Waals surface area (Å²) < 4.78 is 79.2. The minimum atomic E-state index is -4.91. The van der Waals surface area contributed by atoms with Crippen LogP contribution in [-0.4, -0.2) is 69.9 Å². The molecule has 50 heavy (non-hydrogen) atoms. The van der Waals surface area contributed by atoms with Crippen molar-refractivity contribution >= 4 is 38.9 Å². The van der Waals surface area contributed by atoms with Gasteiger partial charge in [-0.2, -0.15) is 0 Å². The SMILES string of the molecule is COc1cc(NC(C(=O)N2CC3(CC3)c3ccc(OC(F)(F)F)cc32)c2ccc(OC)nc2)cc(C(C)=NOC(C)(C)C(=O)NS(C)(=O)=O)c1. The second kappa shape index (κ2) is 13.3. The largest absolute Gasteiger partial charge is 0.573 e. The maximum Gasteiger partial charge on any atom is 0.573 e. The molecule has 5 rings (SSSR count). The summed E-state index contributed by atoms with van der Waals surface area (Å²) in [7, 11) is -0.949. The van der Waals surface area contributed by atoms with Gasteiger partial charge in [-0.1, -0.05) is 11.2 Å². The number of fused-ring (bicyclic) bond motifs is 2. The normalized spacial score (nSPS) is 15.9. The number of hydrogen-bond acceptors (Lipinski definition) is 11. The number of pyridine rings is 1. The third-order valence-corrected chi connectivity index (χ3v) is 8.86. The van der Waals surface area contributed by atoms with Crippen LogP contribution < -0.4 is 29.1 Å². The zero-order valence-corrected chi connectivity index (χ0v) is 28.9. The molecule has 0 radical (unpaired) electrons. The van der Waals surface area contributed by atoms with Gasteiger partial charge in [-0.15, -0.1) is 13.2 Å². The van der Waals surface area contributed by atoms with E-state index in [1.165, 1.54) is 51.3 Å². The third kappa shape index (κ3) is 8.21. The van der Waals surface area contributed by atoms with Crippen molar-refractivity contribution in [3.05, 3.63) is 71.4 Å². The number of amides is 2. The van der Waals surface area contributed by atoms with E-state index in [9.17, 15) is 31.2 Å². The molecule has 3 aromatic rings. The van der Waals surface area contributed by atoms with Crippen LogP contribution in [0.4, 0.5) is 24.5 Å². The van der Waals surface area contributed by atoms with Crippen LogP contribution in [0.5, 0.6) is 17.4 Å². The summed E-state index contributed by atoms with van der Waals surface area (Å²) in [5.74, 6) is -1.14. The van der Waals surface area contributed by atoms with Crippen LogP contribution >= 0.6 is 0 Å². The number of hydrogen-bond donors (Lipinski definition) is 2. The molecule has 2 aromatic carbocycles. The Hall–Kier alpha value is -5.06. The number of sulfonamides is 1. The van der Waals surface area contributed by atoms with Gasteiger partial charge in [-0.25, -0.2) is 18.1 Å². The van der Waals surface area contributed by atoms with Gasteiger partial charge in [0.15, 0.2) is 0 Å². The summed E-state index contributed by atoms with van der Waals surface area (Å²) in [6.07, 6.45) is -1.05. The highest BCUT2D eigenvalue weighted by Crippen LogP contribution is 2.57. The Morgan fingerprint density at radius 1 is 1.02 bits per heavy atom. The molecule has 13 nitrogen and oxygen atoms in total. The number of rotatable bonds is 12. The van der Waals surface area contributed by atoms with Crippen molar-refractivity contribution in [1.29, 1.82) is 0 Å². The van der Waals surface area contributed by atoms with Crippen molar-refractivity contribution in [3.63, 3.8) is 0 Å². The van der Waals surface area contributed by atoms with Crippen molar-refractivity contribution in [1.82, 2.24) is 9.71 Å². The predicted molar refractivity (Wildman–Crippen MR) is 177 cm³/mol. The quantitative estimate of drug-likeness (QED) is 0.196. The first-order valence-corrected chi connectivity index (χ1v) is 17.1. The van der Waals surface area contributed by atoms with Gasteiger partial charge in [0, 0.05) is 53.2 Å². The predicted octanol–water partition coefficient (Wildman–Crippen LogP) is 4.82. The average molecular weight is 720 g/mol. The van der Waals surface area contributed by atoms with E-state index >= 15 is 0 Å². The molecular weight excluding hydrogens is 683 g/mol. The molecule has 1 unspecified atom stereocenters. The molecule has 0 saturated heterocycles. The Bertz CT molecular complexity index is 1930. The number of nitrogens with one attached hydrogen (secondary N) is 2. The Morgan fingerprint density at radius 3 is 2.32 bits per heavy atom. The molecule has 1 atom stereocenters. The summed E-state index contributed by atoms with van der Waals surface area (Å²) in [6.45, 7) is 4.56. The van der Waals surface area contributed by atoms with Gasteiger partial charge in [0.05, 0.1) is 31.9 Å².